The van der Waals surface area contributed by atoms with Crippen LogP contribution in [0.5, 0.6) is 0 Å². The van der Waals surface area contributed by atoms with Gasteiger partial charge in [0, 0.05) is 6.07 Å². The van der Waals surface area contributed by atoms with Gasteiger partial charge in [-0.1, -0.05) is 17.7 Å². The van der Waals surface area contributed by atoms with E-state index in [1.165, 1.54) is 18.2 Å². The van der Waals surface area contributed by atoms with Crippen molar-refractivity contribution in [2.75, 3.05) is 5.73 Å². The molecule has 0 fully saturated rings. The van der Waals surface area contributed by atoms with Crippen LogP contribution >= 0.6 is 28.6 Å². The molecule has 6 heteroatoms. The highest BCUT2D eigenvalue weighted by atomic mass is 79.9. The summed E-state index contributed by atoms with van der Waals surface area (Å²) in [6.45, 7) is 0. The Balaban J connectivity index is 0.00000121. The van der Waals surface area contributed by atoms with Gasteiger partial charge in [0.25, 0.3) is 5.69 Å². The van der Waals surface area contributed by atoms with Crippen LogP contribution < -0.4 is 5.73 Å². The molecule has 0 aliphatic heterocycles. The van der Waals surface area contributed by atoms with Crippen molar-refractivity contribution in [3.05, 3.63) is 33.3 Å². The minimum absolute atomic E-state index is 0. The molecule has 66 valence electrons. The average molecular weight is 253 g/mol. The number of nitro benzene ring substituents is 1. The Labute approximate surface area is 84.2 Å². The Morgan fingerprint density at radius 1 is 1.50 bits per heavy atom. The summed E-state index contributed by atoms with van der Waals surface area (Å²) in [4.78, 5) is 9.67. The van der Waals surface area contributed by atoms with Crippen molar-refractivity contribution in [3.63, 3.8) is 0 Å². The summed E-state index contributed by atoms with van der Waals surface area (Å²) < 4.78 is 0. The molecular formula is C6H6BrClN2O2. The number of hydrogen-bond acceptors (Lipinski definition) is 3. The van der Waals surface area contributed by atoms with E-state index in [2.05, 4.69) is 0 Å². The van der Waals surface area contributed by atoms with E-state index in [1.54, 1.807) is 0 Å². The Kier molecular flexibility index (Phi) is 3.99. The van der Waals surface area contributed by atoms with Crippen LogP contribution in [0, 0.1) is 10.1 Å². The SMILES string of the molecule is Br.Nc1cccc([N+](=O)[O-])c1Cl. The van der Waals surface area contributed by atoms with Crippen LogP contribution in [0.1, 0.15) is 0 Å². The largest absolute Gasteiger partial charge is 0.397 e. The number of anilines is 1. The molecule has 4 nitrogen and oxygen atoms in total. The fourth-order valence-corrected chi connectivity index (χ4v) is 0.873. The minimum Gasteiger partial charge on any atom is -0.397 e. The lowest BCUT2D eigenvalue weighted by molar-refractivity contribution is -0.384. The van der Waals surface area contributed by atoms with Gasteiger partial charge >= 0.3 is 0 Å². The molecule has 0 heterocycles. The van der Waals surface area contributed by atoms with Gasteiger partial charge < -0.3 is 5.73 Å². The van der Waals surface area contributed by atoms with Crippen LogP contribution in [0.15, 0.2) is 18.2 Å². The molecule has 0 aliphatic rings. The lowest BCUT2D eigenvalue weighted by Gasteiger charge is -1.96. The molecule has 0 spiro atoms. The summed E-state index contributed by atoms with van der Waals surface area (Å²) in [7, 11) is 0. The first kappa shape index (κ1) is 11.2. The van der Waals surface area contributed by atoms with Crippen molar-refractivity contribution in [1.82, 2.24) is 0 Å². The van der Waals surface area contributed by atoms with Crippen LogP contribution in [-0.2, 0) is 0 Å². The van der Waals surface area contributed by atoms with Crippen LogP contribution in [0.25, 0.3) is 0 Å². The Morgan fingerprint density at radius 3 is 2.50 bits per heavy atom. The maximum atomic E-state index is 10.2. The van der Waals surface area contributed by atoms with Crippen molar-refractivity contribution in [3.8, 4) is 0 Å². The van der Waals surface area contributed by atoms with Gasteiger partial charge in [0.15, 0.2) is 0 Å². The molecule has 0 atom stereocenters. The number of rotatable bonds is 1. The maximum Gasteiger partial charge on any atom is 0.289 e. The molecule has 12 heavy (non-hydrogen) atoms. The first-order valence-electron chi connectivity index (χ1n) is 2.81. The van der Waals surface area contributed by atoms with Crippen molar-refractivity contribution in [2.45, 2.75) is 0 Å². The Hall–Kier alpha value is -0.810. The summed E-state index contributed by atoms with van der Waals surface area (Å²) in [6.07, 6.45) is 0. The normalized spacial score (nSPS) is 8.75. The smallest absolute Gasteiger partial charge is 0.289 e. The fraction of sp³-hybridized carbons (Fsp3) is 0. The highest BCUT2D eigenvalue weighted by Crippen LogP contribution is 2.28. The lowest BCUT2D eigenvalue weighted by atomic mass is 10.3. The quantitative estimate of drug-likeness (QED) is 0.475. The molecule has 0 aliphatic carbocycles. The van der Waals surface area contributed by atoms with Gasteiger partial charge in [-0.25, -0.2) is 0 Å². The predicted molar refractivity (Wildman–Crippen MR) is 52.8 cm³/mol. The molecule has 2 N–H and O–H groups in total. The molecule has 1 rings (SSSR count). The lowest BCUT2D eigenvalue weighted by Crippen LogP contribution is -1.92. The molecule has 0 saturated heterocycles. The highest BCUT2D eigenvalue weighted by molar-refractivity contribution is 8.93. The van der Waals surface area contributed by atoms with Crippen molar-refractivity contribution in [1.29, 1.82) is 0 Å². The van der Waals surface area contributed by atoms with E-state index in [9.17, 15) is 10.1 Å². The number of benzene rings is 1. The molecule has 0 radical (unpaired) electrons. The third-order valence-corrected chi connectivity index (χ3v) is 1.62. The molecule has 0 bridgehead atoms. The van der Waals surface area contributed by atoms with Crippen molar-refractivity contribution >= 4 is 40.0 Å². The zero-order chi connectivity index (χ0) is 8.43. The molecular weight excluding hydrogens is 247 g/mol. The number of nitrogen functional groups attached to an aromatic ring is 1. The number of nitrogens with zero attached hydrogens (tertiary/aromatic N) is 1. The first-order chi connectivity index (χ1) is 5.13. The summed E-state index contributed by atoms with van der Waals surface area (Å²) in [5, 5.41) is 10.2. The van der Waals surface area contributed by atoms with E-state index >= 15 is 0 Å². The van der Waals surface area contributed by atoms with Gasteiger partial charge in [-0.3, -0.25) is 10.1 Å². The van der Waals surface area contributed by atoms with Crippen LogP contribution in [0.2, 0.25) is 5.02 Å². The van der Waals surface area contributed by atoms with Gasteiger partial charge in [0.2, 0.25) is 0 Å². The van der Waals surface area contributed by atoms with Crippen molar-refractivity contribution < 1.29 is 4.92 Å². The third kappa shape index (κ3) is 2.09. The Morgan fingerprint density at radius 2 is 2.08 bits per heavy atom. The molecule has 0 saturated carbocycles. The zero-order valence-corrected chi connectivity index (χ0v) is 8.33. The minimum atomic E-state index is -0.571. The number of nitro groups is 1. The second-order valence-electron chi connectivity index (χ2n) is 1.94. The molecule has 1 aromatic rings. The van der Waals surface area contributed by atoms with Crippen LogP contribution in [0.4, 0.5) is 11.4 Å². The third-order valence-electron chi connectivity index (χ3n) is 1.20. The standard InChI is InChI=1S/C6H5ClN2O2.BrH/c7-6-4(8)2-1-3-5(6)9(10)11;/h1-3H,8H2;1H. The average Bonchev–Trinajstić information content (AvgIpc) is 1.94. The molecule has 1 aromatic carbocycles. The van der Waals surface area contributed by atoms with E-state index in [-0.39, 0.29) is 33.4 Å². The van der Waals surface area contributed by atoms with E-state index in [4.69, 9.17) is 17.3 Å². The van der Waals surface area contributed by atoms with Gasteiger partial charge in [-0.2, -0.15) is 0 Å². The summed E-state index contributed by atoms with van der Waals surface area (Å²) >= 11 is 5.52. The maximum absolute atomic E-state index is 10.2. The van der Waals surface area contributed by atoms with E-state index in [0.29, 0.717) is 0 Å². The summed E-state index contributed by atoms with van der Waals surface area (Å²) in [5.41, 5.74) is 5.38. The molecule has 0 amide bonds. The van der Waals surface area contributed by atoms with Gasteiger partial charge in [0.05, 0.1) is 10.6 Å². The fourth-order valence-electron chi connectivity index (χ4n) is 0.678. The zero-order valence-electron chi connectivity index (χ0n) is 5.86. The van der Waals surface area contributed by atoms with Gasteiger partial charge in [-0.05, 0) is 6.07 Å². The van der Waals surface area contributed by atoms with Gasteiger partial charge in [-0.15, -0.1) is 17.0 Å². The Bertz CT molecular complexity index is 306. The number of halogens is 2. The number of nitrogens with two attached hydrogens (primary N) is 1. The van der Waals surface area contributed by atoms with E-state index in [0.717, 1.165) is 0 Å². The summed E-state index contributed by atoms with van der Waals surface area (Å²) in [5.74, 6) is 0. The van der Waals surface area contributed by atoms with E-state index in [1.807, 2.05) is 0 Å². The first-order valence-corrected chi connectivity index (χ1v) is 3.19. The topological polar surface area (TPSA) is 69.2 Å². The number of hydrogen-bond donors (Lipinski definition) is 1. The van der Waals surface area contributed by atoms with Crippen molar-refractivity contribution in [2.24, 2.45) is 0 Å². The monoisotopic (exact) mass is 252 g/mol. The van der Waals surface area contributed by atoms with Crippen LogP contribution in [-0.4, -0.2) is 4.92 Å². The molecule has 0 unspecified atom stereocenters. The second-order valence-corrected chi connectivity index (χ2v) is 2.32. The second kappa shape index (κ2) is 4.27. The van der Waals surface area contributed by atoms with Gasteiger partial charge in [0.1, 0.15) is 5.02 Å². The van der Waals surface area contributed by atoms with E-state index < -0.39 is 4.92 Å². The molecule has 0 aromatic heterocycles. The van der Waals surface area contributed by atoms with Crippen LogP contribution in [0.3, 0.4) is 0 Å². The highest BCUT2D eigenvalue weighted by Gasteiger charge is 2.12. The summed E-state index contributed by atoms with van der Waals surface area (Å²) in [6, 6.07) is 4.30. The predicted octanol–water partition coefficient (Wildman–Crippen LogP) is 2.41.